The topological polar surface area (TPSA) is 32.3 Å². The van der Waals surface area contributed by atoms with Crippen molar-refractivity contribution in [2.75, 3.05) is 13.2 Å². The summed E-state index contributed by atoms with van der Waals surface area (Å²) in [6, 6.07) is 11.0. The van der Waals surface area contributed by atoms with Crippen LogP contribution in [-0.2, 0) is 0 Å². The maximum Gasteiger partial charge on any atom is 0.0431 e. The van der Waals surface area contributed by atoms with Gasteiger partial charge in [0.2, 0.25) is 0 Å². The van der Waals surface area contributed by atoms with Crippen LogP contribution in [0.3, 0.4) is 0 Å². The Hall–Kier alpha value is -0.860. The van der Waals surface area contributed by atoms with Crippen LogP contribution in [-0.4, -0.2) is 18.3 Å². The fraction of sp³-hybridized carbons (Fsp3) is 0.571. The van der Waals surface area contributed by atoms with Crippen LogP contribution in [0.2, 0.25) is 0 Å². The van der Waals surface area contributed by atoms with Crippen molar-refractivity contribution in [3.63, 3.8) is 0 Å². The molecule has 16 heavy (non-hydrogen) atoms. The first-order valence-corrected chi connectivity index (χ1v) is 6.29. The van der Waals surface area contributed by atoms with Crippen molar-refractivity contribution in [2.45, 2.75) is 31.7 Å². The minimum atomic E-state index is 0.286. The minimum absolute atomic E-state index is 0.286. The zero-order chi connectivity index (χ0) is 11.2. The van der Waals surface area contributed by atoms with Gasteiger partial charge in [0.15, 0.2) is 0 Å². The van der Waals surface area contributed by atoms with Gasteiger partial charge in [0.25, 0.3) is 0 Å². The highest BCUT2D eigenvalue weighted by molar-refractivity contribution is 5.18. The third kappa shape index (κ3) is 3.62. The van der Waals surface area contributed by atoms with E-state index in [0.29, 0.717) is 6.04 Å². The molecule has 0 spiro atoms. The number of aliphatic hydroxyl groups excluding tert-OH is 1. The SMILES string of the molecule is OCCCC(NCC1CC1)c1ccccc1. The van der Waals surface area contributed by atoms with Gasteiger partial charge in [-0.25, -0.2) is 0 Å². The summed E-state index contributed by atoms with van der Waals surface area (Å²) in [7, 11) is 0. The molecule has 1 aromatic rings. The van der Waals surface area contributed by atoms with Crippen molar-refractivity contribution in [3.05, 3.63) is 35.9 Å². The van der Waals surface area contributed by atoms with Gasteiger partial charge in [-0.05, 0) is 43.7 Å². The highest BCUT2D eigenvalue weighted by Gasteiger charge is 2.22. The molecule has 2 rings (SSSR count). The molecule has 1 aliphatic carbocycles. The average molecular weight is 219 g/mol. The van der Waals surface area contributed by atoms with Crippen molar-refractivity contribution >= 4 is 0 Å². The Morgan fingerprint density at radius 1 is 1.25 bits per heavy atom. The van der Waals surface area contributed by atoms with E-state index in [-0.39, 0.29) is 6.61 Å². The summed E-state index contributed by atoms with van der Waals surface area (Å²) in [5.74, 6) is 0.903. The monoisotopic (exact) mass is 219 g/mol. The number of rotatable bonds is 7. The first-order chi connectivity index (χ1) is 7.90. The summed E-state index contributed by atoms with van der Waals surface area (Å²) in [4.78, 5) is 0. The molecular formula is C14H21NO. The van der Waals surface area contributed by atoms with Gasteiger partial charge < -0.3 is 10.4 Å². The maximum atomic E-state index is 8.92. The van der Waals surface area contributed by atoms with Gasteiger partial charge in [0, 0.05) is 12.6 Å². The number of benzene rings is 1. The zero-order valence-corrected chi connectivity index (χ0v) is 9.73. The average Bonchev–Trinajstić information content (AvgIpc) is 3.14. The molecule has 1 fully saturated rings. The van der Waals surface area contributed by atoms with Crippen molar-refractivity contribution in [3.8, 4) is 0 Å². The van der Waals surface area contributed by atoms with Crippen molar-refractivity contribution in [1.29, 1.82) is 0 Å². The lowest BCUT2D eigenvalue weighted by molar-refractivity contribution is 0.274. The molecule has 2 N–H and O–H groups in total. The lowest BCUT2D eigenvalue weighted by atomic mass is 10.0. The van der Waals surface area contributed by atoms with Gasteiger partial charge in [-0.3, -0.25) is 0 Å². The minimum Gasteiger partial charge on any atom is -0.396 e. The Morgan fingerprint density at radius 3 is 2.62 bits per heavy atom. The van der Waals surface area contributed by atoms with Crippen LogP contribution in [0.4, 0.5) is 0 Å². The maximum absolute atomic E-state index is 8.92. The van der Waals surface area contributed by atoms with Crippen molar-refractivity contribution in [1.82, 2.24) is 5.32 Å². The molecule has 1 unspecified atom stereocenters. The van der Waals surface area contributed by atoms with E-state index in [2.05, 4.69) is 29.6 Å². The summed E-state index contributed by atoms with van der Waals surface area (Å²) in [6.07, 6.45) is 4.66. The van der Waals surface area contributed by atoms with Gasteiger partial charge in [-0.1, -0.05) is 30.3 Å². The molecular weight excluding hydrogens is 198 g/mol. The van der Waals surface area contributed by atoms with E-state index in [0.717, 1.165) is 25.3 Å². The summed E-state index contributed by atoms with van der Waals surface area (Å²) in [6.45, 7) is 1.42. The van der Waals surface area contributed by atoms with Crippen LogP contribution >= 0.6 is 0 Å². The predicted octanol–water partition coefficient (Wildman–Crippen LogP) is 2.50. The molecule has 1 saturated carbocycles. The van der Waals surface area contributed by atoms with E-state index >= 15 is 0 Å². The molecule has 0 aromatic heterocycles. The lowest BCUT2D eigenvalue weighted by Gasteiger charge is -2.18. The van der Waals surface area contributed by atoms with Gasteiger partial charge in [0.1, 0.15) is 0 Å². The second-order valence-electron chi connectivity index (χ2n) is 4.68. The molecule has 1 aromatic carbocycles. The van der Waals surface area contributed by atoms with Crippen molar-refractivity contribution in [2.24, 2.45) is 5.92 Å². The number of hydrogen-bond acceptors (Lipinski definition) is 2. The van der Waals surface area contributed by atoms with Crippen molar-refractivity contribution < 1.29 is 5.11 Å². The first kappa shape index (κ1) is 11.6. The smallest absolute Gasteiger partial charge is 0.0431 e. The van der Waals surface area contributed by atoms with Gasteiger partial charge in [0.05, 0.1) is 0 Å². The number of nitrogens with one attached hydrogen (secondary N) is 1. The summed E-state index contributed by atoms with van der Waals surface area (Å²) >= 11 is 0. The Bertz CT molecular complexity index is 295. The van der Waals surface area contributed by atoms with E-state index in [4.69, 9.17) is 5.11 Å². The first-order valence-electron chi connectivity index (χ1n) is 6.29. The molecule has 1 aliphatic rings. The van der Waals surface area contributed by atoms with Crippen LogP contribution in [0.15, 0.2) is 30.3 Å². The molecule has 0 radical (unpaired) electrons. The standard InChI is InChI=1S/C14H21NO/c16-10-4-7-14(15-11-12-8-9-12)13-5-2-1-3-6-13/h1-3,5-6,12,14-16H,4,7-11H2. The molecule has 0 heterocycles. The molecule has 88 valence electrons. The van der Waals surface area contributed by atoms with E-state index in [9.17, 15) is 0 Å². The second-order valence-corrected chi connectivity index (χ2v) is 4.68. The Morgan fingerprint density at radius 2 is 2.00 bits per heavy atom. The van der Waals surface area contributed by atoms with Crippen LogP contribution in [0.1, 0.15) is 37.3 Å². The van der Waals surface area contributed by atoms with E-state index in [1.54, 1.807) is 0 Å². The van der Waals surface area contributed by atoms with E-state index < -0.39 is 0 Å². The Balaban J connectivity index is 1.89. The van der Waals surface area contributed by atoms with Gasteiger partial charge >= 0.3 is 0 Å². The van der Waals surface area contributed by atoms with Gasteiger partial charge in [-0.2, -0.15) is 0 Å². The van der Waals surface area contributed by atoms with Gasteiger partial charge in [-0.15, -0.1) is 0 Å². The normalized spacial score (nSPS) is 17.3. The quantitative estimate of drug-likeness (QED) is 0.738. The fourth-order valence-corrected chi connectivity index (χ4v) is 2.00. The summed E-state index contributed by atoms with van der Waals surface area (Å²) in [5.41, 5.74) is 1.34. The number of aliphatic hydroxyl groups is 1. The summed E-state index contributed by atoms with van der Waals surface area (Å²) in [5, 5.41) is 12.5. The Labute approximate surface area is 97.7 Å². The summed E-state index contributed by atoms with van der Waals surface area (Å²) < 4.78 is 0. The van der Waals surface area contributed by atoms with Crippen LogP contribution in [0.25, 0.3) is 0 Å². The van der Waals surface area contributed by atoms with Crippen LogP contribution < -0.4 is 5.32 Å². The molecule has 2 nitrogen and oxygen atoms in total. The lowest BCUT2D eigenvalue weighted by Crippen LogP contribution is -2.23. The predicted molar refractivity (Wildman–Crippen MR) is 66.2 cm³/mol. The largest absolute Gasteiger partial charge is 0.396 e. The highest BCUT2D eigenvalue weighted by atomic mass is 16.2. The number of hydrogen-bond donors (Lipinski definition) is 2. The molecule has 2 heteroatoms. The van der Waals surface area contributed by atoms with Crippen LogP contribution in [0.5, 0.6) is 0 Å². The third-order valence-corrected chi connectivity index (χ3v) is 3.20. The molecule has 0 amide bonds. The third-order valence-electron chi connectivity index (χ3n) is 3.20. The fourth-order valence-electron chi connectivity index (χ4n) is 2.00. The molecule has 1 atom stereocenters. The van der Waals surface area contributed by atoms with E-state index in [1.807, 2.05) is 6.07 Å². The highest BCUT2D eigenvalue weighted by Crippen LogP contribution is 2.29. The molecule has 0 aliphatic heterocycles. The van der Waals surface area contributed by atoms with E-state index in [1.165, 1.54) is 18.4 Å². The zero-order valence-electron chi connectivity index (χ0n) is 9.73. The molecule has 0 bridgehead atoms. The molecule has 0 saturated heterocycles. The Kier molecular flexibility index (Phi) is 4.37. The van der Waals surface area contributed by atoms with Crippen LogP contribution in [0, 0.1) is 5.92 Å². The second kappa shape index (κ2) is 6.02.